The Labute approximate surface area is 84.4 Å². The molecule has 1 heterocycles. The minimum atomic E-state index is -3.14. The highest BCUT2D eigenvalue weighted by atomic mass is 32.2. The molecule has 0 amide bonds. The van der Waals surface area contributed by atoms with E-state index in [0.29, 0.717) is 0 Å². The molecule has 0 atom stereocenters. The number of hydrogen-bond acceptors (Lipinski definition) is 3. The topological polar surface area (TPSA) is 59.1 Å². The molecule has 0 unspecified atom stereocenters. The van der Waals surface area contributed by atoms with Crippen LogP contribution in [0.1, 0.15) is 18.2 Å². The predicted molar refractivity (Wildman–Crippen MR) is 55.3 cm³/mol. The smallest absolute Gasteiger partial charge is 0.209 e. The van der Waals surface area contributed by atoms with E-state index in [9.17, 15) is 8.42 Å². The zero-order valence-electron chi connectivity index (χ0n) is 8.32. The van der Waals surface area contributed by atoms with Crippen molar-refractivity contribution in [2.24, 2.45) is 0 Å². The molecule has 0 saturated carbocycles. The van der Waals surface area contributed by atoms with Gasteiger partial charge in [-0.15, -0.1) is 0 Å². The van der Waals surface area contributed by atoms with Crippen LogP contribution in [0.25, 0.3) is 0 Å². The maximum absolute atomic E-state index is 10.9. The maximum Gasteiger partial charge on any atom is 0.209 e. The van der Waals surface area contributed by atoms with Gasteiger partial charge in [-0.2, -0.15) is 0 Å². The molecule has 0 aliphatic rings. The molecule has 0 aliphatic heterocycles. The molecular formula is C9H14N2O2S. The van der Waals surface area contributed by atoms with E-state index < -0.39 is 10.0 Å². The maximum atomic E-state index is 10.9. The van der Waals surface area contributed by atoms with Crippen LogP contribution in [-0.4, -0.2) is 19.7 Å². The number of rotatable bonds is 4. The zero-order valence-corrected chi connectivity index (χ0v) is 9.13. The van der Waals surface area contributed by atoms with E-state index in [-0.39, 0.29) is 6.54 Å². The molecular weight excluding hydrogens is 200 g/mol. The minimum Gasteiger partial charge on any atom is -0.260 e. The third-order valence-corrected chi connectivity index (χ3v) is 2.54. The lowest BCUT2D eigenvalue weighted by Crippen LogP contribution is -2.22. The molecule has 1 aromatic heterocycles. The summed E-state index contributed by atoms with van der Waals surface area (Å²) in [6.45, 7) is 2.28. The van der Waals surface area contributed by atoms with Gasteiger partial charge in [0.2, 0.25) is 10.0 Å². The van der Waals surface area contributed by atoms with Crippen molar-refractivity contribution < 1.29 is 8.42 Å². The Morgan fingerprint density at radius 2 is 2.21 bits per heavy atom. The summed E-state index contributed by atoms with van der Waals surface area (Å²) in [5, 5.41) is 0. The van der Waals surface area contributed by atoms with Crippen LogP contribution in [0.5, 0.6) is 0 Å². The Kier molecular flexibility index (Phi) is 3.60. The van der Waals surface area contributed by atoms with Gasteiger partial charge >= 0.3 is 0 Å². The van der Waals surface area contributed by atoms with Crippen LogP contribution in [0.15, 0.2) is 18.3 Å². The van der Waals surface area contributed by atoms with Gasteiger partial charge in [0, 0.05) is 6.20 Å². The van der Waals surface area contributed by atoms with Gasteiger partial charge in [0.1, 0.15) is 0 Å². The quantitative estimate of drug-likeness (QED) is 0.802. The van der Waals surface area contributed by atoms with Gasteiger partial charge in [-0.25, -0.2) is 13.1 Å². The highest BCUT2D eigenvalue weighted by molar-refractivity contribution is 7.88. The van der Waals surface area contributed by atoms with Crippen LogP contribution in [-0.2, 0) is 23.0 Å². The monoisotopic (exact) mass is 214 g/mol. The van der Waals surface area contributed by atoms with Crippen LogP contribution in [0.4, 0.5) is 0 Å². The molecule has 0 spiro atoms. The molecule has 4 nitrogen and oxygen atoms in total. The minimum absolute atomic E-state index is 0.267. The van der Waals surface area contributed by atoms with Crippen LogP contribution < -0.4 is 4.72 Å². The van der Waals surface area contributed by atoms with E-state index in [4.69, 9.17) is 0 Å². The summed E-state index contributed by atoms with van der Waals surface area (Å²) in [5.74, 6) is 0. The Balaban J connectivity index is 2.76. The normalized spacial score (nSPS) is 11.6. The summed E-state index contributed by atoms with van der Waals surface area (Å²) < 4.78 is 24.2. The van der Waals surface area contributed by atoms with Crippen molar-refractivity contribution in [3.63, 3.8) is 0 Å². The van der Waals surface area contributed by atoms with Crippen molar-refractivity contribution in [3.8, 4) is 0 Å². The van der Waals surface area contributed by atoms with E-state index >= 15 is 0 Å². The lowest BCUT2D eigenvalue weighted by Gasteiger charge is -2.06. The summed E-state index contributed by atoms with van der Waals surface area (Å²) in [7, 11) is -3.14. The highest BCUT2D eigenvalue weighted by Gasteiger charge is 2.04. The van der Waals surface area contributed by atoms with Gasteiger partial charge in [0.05, 0.1) is 18.5 Å². The van der Waals surface area contributed by atoms with Crippen molar-refractivity contribution in [3.05, 3.63) is 29.6 Å². The van der Waals surface area contributed by atoms with Gasteiger partial charge in [-0.05, 0) is 18.1 Å². The summed E-state index contributed by atoms with van der Waals surface area (Å²) >= 11 is 0. The number of hydrogen-bond donors (Lipinski definition) is 1. The molecule has 0 aliphatic carbocycles. The standard InChI is InChI=1S/C9H14N2O2S/c1-3-8-5-4-6-10-9(8)7-11-14(2,12)13/h4-6,11H,3,7H2,1-2H3. The molecule has 0 fully saturated rings. The lowest BCUT2D eigenvalue weighted by atomic mass is 10.1. The van der Waals surface area contributed by atoms with Crippen molar-refractivity contribution in [2.75, 3.05) is 6.26 Å². The number of sulfonamides is 1. The van der Waals surface area contributed by atoms with E-state index in [1.54, 1.807) is 6.20 Å². The highest BCUT2D eigenvalue weighted by Crippen LogP contribution is 2.05. The second-order valence-electron chi connectivity index (χ2n) is 3.06. The van der Waals surface area contributed by atoms with Gasteiger partial charge in [-0.3, -0.25) is 4.98 Å². The molecule has 0 saturated heterocycles. The van der Waals surface area contributed by atoms with Gasteiger partial charge in [0.15, 0.2) is 0 Å². The van der Waals surface area contributed by atoms with E-state index in [1.165, 1.54) is 0 Å². The van der Waals surface area contributed by atoms with Gasteiger partial charge in [-0.1, -0.05) is 13.0 Å². The van der Waals surface area contributed by atoms with Crippen LogP contribution >= 0.6 is 0 Å². The second kappa shape index (κ2) is 4.52. The average molecular weight is 214 g/mol. The second-order valence-corrected chi connectivity index (χ2v) is 4.89. The molecule has 5 heteroatoms. The lowest BCUT2D eigenvalue weighted by molar-refractivity contribution is 0.586. The Bertz CT molecular complexity index is 401. The first kappa shape index (κ1) is 11.1. The largest absolute Gasteiger partial charge is 0.260 e. The fraction of sp³-hybridized carbons (Fsp3) is 0.444. The number of nitrogens with zero attached hydrogens (tertiary/aromatic N) is 1. The van der Waals surface area contributed by atoms with Crippen molar-refractivity contribution >= 4 is 10.0 Å². The Morgan fingerprint density at radius 1 is 1.50 bits per heavy atom. The first-order valence-electron chi connectivity index (χ1n) is 4.40. The molecule has 0 aromatic carbocycles. The number of aryl methyl sites for hydroxylation is 1. The third-order valence-electron chi connectivity index (χ3n) is 1.87. The molecule has 1 N–H and O–H groups in total. The first-order valence-corrected chi connectivity index (χ1v) is 6.29. The summed E-state index contributed by atoms with van der Waals surface area (Å²) in [6.07, 6.45) is 3.66. The summed E-state index contributed by atoms with van der Waals surface area (Å²) in [5.41, 5.74) is 1.86. The van der Waals surface area contributed by atoms with Crippen LogP contribution in [0, 0.1) is 0 Å². The molecule has 78 valence electrons. The van der Waals surface area contributed by atoms with Crippen molar-refractivity contribution in [1.82, 2.24) is 9.71 Å². The van der Waals surface area contributed by atoms with Crippen molar-refractivity contribution in [2.45, 2.75) is 19.9 Å². The fourth-order valence-electron chi connectivity index (χ4n) is 1.15. The predicted octanol–water partition coefficient (Wildman–Crippen LogP) is 0.693. The van der Waals surface area contributed by atoms with Gasteiger partial charge in [0.25, 0.3) is 0 Å². The molecule has 1 rings (SSSR count). The van der Waals surface area contributed by atoms with E-state index in [2.05, 4.69) is 9.71 Å². The van der Waals surface area contributed by atoms with E-state index in [1.807, 2.05) is 19.1 Å². The molecule has 14 heavy (non-hydrogen) atoms. The SMILES string of the molecule is CCc1cccnc1CNS(C)(=O)=O. The summed E-state index contributed by atoms with van der Waals surface area (Å²) in [4.78, 5) is 4.13. The fourth-order valence-corrected chi connectivity index (χ4v) is 1.55. The van der Waals surface area contributed by atoms with Crippen LogP contribution in [0.2, 0.25) is 0 Å². The molecule has 0 bridgehead atoms. The number of pyridine rings is 1. The zero-order chi connectivity index (χ0) is 10.6. The number of aromatic nitrogens is 1. The molecule has 0 radical (unpaired) electrons. The van der Waals surface area contributed by atoms with E-state index in [0.717, 1.165) is 23.9 Å². The Hall–Kier alpha value is -0.940. The molecule has 1 aromatic rings. The average Bonchev–Trinajstić information content (AvgIpc) is 2.14. The Morgan fingerprint density at radius 3 is 2.79 bits per heavy atom. The number of nitrogens with one attached hydrogen (secondary N) is 1. The van der Waals surface area contributed by atoms with Gasteiger partial charge < -0.3 is 0 Å². The first-order chi connectivity index (χ1) is 6.53. The van der Waals surface area contributed by atoms with Crippen molar-refractivity contribution in [1.29, 1.82) is 0 Å². The summed E-state index contributed by atoms with van der Waals surface area (Å²) in [6, 6.07) is 3.80. The third kappa shape index (κ3) is 3.43. The van der Waals surface area contributed by atoms with Crippen LogP contribution in [0.3, 0.4) is 0 Å².